The summed E-state index contributed by atoms with van der Waals surface area (Å²) in [4.78, 5) is 47.4. The Hall–Kier alpha value is -1.96. The van der Waals surface area contributed by atoms with Crippen LogP contribution in [-0.2, 0) is 37.5 Å². The van der Waals surface area contributed by atoms with Gasteiger partial charge in [-0.05, 0) is 38.0 Å². The average molecular weight is 777 g/mol. The Morgan fingerprint density at radius 1 is 0.887 bits per heavy atom. The second kappa shape index (κ2) is 29.3. The molecule has 0 bridgehead atoms. The maximum Gasteiger partial charge on any atom is 0.472 e. The lowest BCUT2D eigenvalue weighted by Gasteiger charge is -2.20. The van der Waals surface area contributed by atoms with Gasteiger partial charge in [0.25, 0.3) is 0 Å². The molecular weight excluding hydrogens is 707 g/mol. The van der Waals surface area contributed by atoms with E-state index in [1.54, 1.807) is 12.2 Å². The molecule has 1 aliphatic carbocycles. The third-order valence-corrected chi connectivity index (χ3v) is 10.5. The van der Waals surface area contributed by atoms with Crippen LogP contribution in [0.5, 0.6) is 0 Å². The van der Waals surface area contributed by atoms with Crippen LogP contribution < -0.4 is 0 Å². The number of hydrogen-bond donors (Lipinski definition) is 5. The first-order chi connectivity index (χ1) is 25.3. The molecule has 1 aliphatic rings. The normalized spacial score (nSPS) is 21.1. The van der Waals surface area contributed by atoms with Crippen LogP contribution in [0.4, 0.5) is 0 Å². The minimum absolute atomic E-state index is 0.0434. The van der Waals surface area contributed by atoms with Crippen LogP contribution in [0, 0.1) is 17.8 Å². The zero-order valence-electron chi connectivity index (χ0n) is 32.4. The molecule has 0 aromatic carbocycles. The highest BCUT2D eigenvalue weighted by atomic mass is 31.2. The zero-order valence-corrected chi connectivity index (χ0v) is 33.3. The maximum atomic E-state index is 12.6. The number of Topliss-reactive ketones (excluding diaryl/α,β-unsaturated/α-hetero) is 1. The fraction of sp³-hybridized carbons (Fsp3) is 0.821. The highest BCUT2D eigenvalue weighted by Crippen LogP contribution is 2.43. The van der Waals surface area contributed by atoms with Crippen molar-refractivity contribution in [2.45, 2.75) is 161 Å². The second-order valence-electron chi connectivity index (χ2n) is 14.3. The van der Waals surface area contributed by atoms with Crippen LogP contribution in [0.15, 0.2) is 24.3 Å². The number of hydrogen-bond acceptors (Lipinski definition) is 12. The molecule has 308 valence electrons. The number of carbonyl (C=O) groups excluding carboxylic acids is 3. The van der Waals surface area contributed by atoms with Gasteiger partial charge in [-0.25, -0.2) is 4.57 Å². The molecule has 0 spiro atoms. The van der Waals surface area contributed by atoms with Gasteiger partial charge in [-0.15, -0.1) is 0 Å². The van der Waals surface area contributed by atoms with Crippen LogP contribution in [0.2, 0.25) is 0 Å². The van der Waals surface area contributed by atoms with Gasteiger partial charge in [0.2, 0.25) is 0 Å². The Morgan fingerprint density at radius 2 is 1.55 bits per heavy atom. The monoisotopic (exact) mass is 776 g/mol. The highest BCUT2D eigenvalue weighted by molar-refractivity contribution is 7.47. The SMILES string of the molecule is CCCCC[C@H](O)/C=C/[C@H]1C(=O)C[C@H](O)[C@@H]1C/C=C\CCCC(=O)OC[C@H](COP(=O)(O)OC[C@@H](O)CO)OC(=O)CCCCCCCCC(C)CC. The van der Waals surface area contributed by atoms with E-state index in [4.69, 9.17) is 19.1 Å². The van der Waals surface area contributed by atoms with E-state index in [0.717, 1.165) is 50.9 Å². The van der Waals surface area contributed by atoms with E-state index in [1.807, 2.05) is 12.2 Å². The first kappa shape index (κ1) is 49.1. The number of aliphatic hydroxyl groups is 4. The van der Waals surface area contributed by atoms with Gasteiger partial charge >= 0.3 is 19.8 Å². The van der Waals surface area contributed by atoms with Crippen molar-refractivity contribution in [3.05, 3.63) is 24.3 Å². The predicted octanol–water partition coefficient (Wildman–Crippen LogP) is 6.28. The number of phosphoric acid groups is 1. The van der Waals surface area contributed by atoms with E-state index >= 15 is 0 Å². The summed E-state index contributed by atoms with van der Waals surface area (Å²) in [5.41, 5.74) is 0. The summed E-state index contributed by atoms with van der Waals surface area (Å²) in [6.45, 7) is 4.19. The summed E-state index contributed by atoms with van der Waals surface area (Å²) in [5, 5.41) is 38.9. The molecule has 0 heterocycles. The molecule has 13 nitrogen and oxygen atoms in total. The van der Waals surface area contributed by atoms with E-state index in [9.17, 15) is 39.2 Å². The number of ether oxygens (including phenoxy) is 2. The molecule has 0 amide bonds. The third kappa shape index (κ3) is 24.2. The van der Waals surface area contributed by atoms with Gasteiger partial charge in [0.05, 0.1) is 32.0 Å². The Labute approximate surface area is 317 Å². The number of rotatable bonds is 32. The van der Waals surface area contributed by atoms with Crippen LogP contribution in [0.1, 0.15) is 136 Å². The van der Waals surface area contributed by atoms with Crippen molar-refractivity contribution in [3.8, 4) is 0 Å². The fourth-order valence-electron chi connectivity index (χ4n) is 5.95. The molecular formula is C39H69O13P. The van der Waals surface area contributed by atoms with E-state index in [0.29, 0.717) is 32.1 Å². The molecule has 0 aromatic rings. The molecule has 5 N–H and O–H groups in total. The molecule has 0 saturated heterocycles. The zero-order chi connectivity index (χ0) is 39.5. The number of aliphatic hydroxyl groups excluding tert-OH is 4. The van der Waals surface area contributed by atoms with Crippen molar-refractivity contribution in [3.63, 3.8) is 0 Å². The summed E-state index contributed by atoms with van der Waals surface area (Å²) in [6.07, 6.45) is 16.9. The molecule has 1 fully saturated rings. The van der Waals surface area contributed by atoms with Crippen LogP contribution in [0.3, 0.4) is 0 Å². The first-order valence-electron chi connectivity index (χ1n) is 19.8. The van der Waals surface area contributed by atoms with Gasteiger partial charge in [-0.3, -0.25) is 23.4 Å². The van der Waals surface area contributed by atoms with Crippen molar-refractivity contribution < 1.29 is 62.8 Å². The van der Waals surface area contributed by atoms with Crippen molar-refractivity contribution in [2.75, 3.05) is 26.4 Å². The lowest BCUT2D eigenvalue weighted by Crippen LogP contribution is -2.29. The number of phosphoric ester groups is 1. The summed E-state index contributed by atoms with van der Waals surface area (Å²) in [6, 6.07) is 0. The van der Waals surface area contributed by atoms with Gasteiger partial charge in [-0.1, -0.05) is 109 Å². The Bertz CT molecular complexity index is 1110. The molecule has 0 aromatic heterocycles. The van der Waals surface area contributed by atoms with Crippen LogP contribution in [0.25, 0.3) is 0 Å². The lowest BCUT2D eigenvalue weighted by atomic mass is 9.90. The first-order valence-corrected chi connectivity index (χ1v) is 21.3. The van der Waals surface area contributed by atoms with E-state index in [1.165, 1.54) is 19.3 Å². The van der Waals surface area contributed by atoms with Crippen LogP contribution >= 0.6 is 7.82 Å². The summed E-state index contributed by atoms with van der Waals surface area (Å²) in [7, 11) is -4.67. The molecule has 2 unspecified atom stereocenters. The Morgan fingerprint density at radius 3 is 2.25 bits per heavy atom. The molecule has 53 heavy (non-hydrogen) atoms. The quantitative estimate of drug-likeness (QED) is 0.0221. The largest absolute Gasteiger partial charge is 0.472 e. The summed E-state index contributed by atoms with van der Waals surface area (Å²) >= 11 is 0. The second-order valence-corrected chi connectivity index (χ2v) is 15.8. The lowest BCUT2D eigenvalue weighted by molar-refractivity contribution is -0.161. The van der Waals surface area contributed by atoms with Crippen LogP contribution in [-0.4, -0.2) is 93.9 Å². The smallest absolute Gasteiger partial charge is 0.462 e. The topological polar surface area (TPSA) is 206 Å². The van der Waals surface area contributed by atoms with E-state index in [-0.39, 0.29) is 31.0 Å². The molecule has 1 saturated carbocycles. The van der Waals surface area contributed by atoms with Gasteiger partial charge < -0.3 is 34.8 Å². The van der Waals surface area contributed by atoms with Crippen molar-refractivity contribution in [1.29, 1.82) is 0 Å². The van der Waals surface area contributed by atoms with Gasteiger partial charge in [-0.2, -0.15) is 0 Å². The maximum absolute atomic E-state index is 12.6. The third-order valence-electron chi connectivity index (χ3n) is 9.53. The van der Waals surface area contributed by atoms with Crippen molar-refractivity contribution in [1.82, 2.24) is 0 Å². The molecule has 1 rings (SSSR count). The summed E-state index contributed by atoms with van der Waals surface area (Å²) in [5.74, 6) is -1.17. The number of unbranched alkanes of at least 4 members (excludes halogenated alkanes) is 8. The van der Waals surface area contributed by atoms with Gasteiger partial charge in [0.15, 0.2) is 6.10 Å². The minimum Gasteiger partial charge on any atom is -0.462 e. The van der Waals surface area contributed by atoms with Gasteiger partial charge in [0, 0.05) is 31.1 Å². The number of esters is 2. The fourth-order valence-corrected chi connectivity index (χ4v) is 6.74. The predicted molar refractivity (Wildman–Crippen MR) is 202 cm³/mol. The molecule has 8 atom stereocenters. The Balaban J connectivity index is 2.54. The highest BCUT2D eigenvalue weighted by Gasteiger charge is 2.39. The van der Waals surface area contributed by atoms with Gasteiger partial charge in [0.1, 0.15) is 18.5 Å². The Kier molecular flexibility index (Phi) is 27.2. The summed E-state index contributed by atoms with van der Waals surface area (Å²) < 4.78 is 32.5. The minimum atomic E-state index is -4.67. The molecule has 0 radical (unpaired) electrons. The standard InChI is InChI=1S/C39H69O13P/c1-4-6-13-19-31(41)23-24-35-34(36(43)25-37(35)44)20-15-11-12-16-21-38(45)49-28-33(29-51-53(47,48)50-27-32(42)26-40)52-39(46)22-17-10-8-7-9-14-18-30(3)5-2/h11,15,23-24,30-36,40-43H,4-10,12-14,16-22,25-29H2,1-3H3,(H,47,48)/b15-11-,24-23+/t30?,31-,32-,33+,34+,35+,36-/m0/s1. The molecule has 14 heteroatoms. The number of allylic oxidation sites excluding steroid dienone is 3. The van der Waals surface area contributed by atoms with Crippen molar-refractivity contribution in [2.24, 2.45) is 17.8 Å². The van der Waals surface area contributed by atoms with Crippen molar-refractivity contribution >= 4 is 25.5 Å². The number of carbonyl (C=O) groups is 3. The number of ketones is 1. The average Bonchev–Trinajstić information content (AvgIpc) is 3.40. The van der Waals surface area contributed by atoms with E-state index < -0.39 is 76.5 Å². The van der Waals surface area contributed by atoms with E-state index in [2.05, 4.69) is 25.3 Å². The molecule has 0 aliphatic heterocycles.